The number of nitrogens with zero attached hydrogens (tertiary/aromatic N) is 1. The Labute approximate surface area is 158 Å². The minimum atomic E-state index is -0.740. The summed E-state index contributed by atoms with van der Waals surface area (Å²) in [4.78, 5) is 27.7. The molecule has 0 spiro atoms. The first-order valence-corrected chi connectivity index (χ1v) is 9.50. The van der Waals surface area contributed by atoms with Crippen molar-refractivity contribution in [1.82, 2.24) is 10.3 Å². The highest BCUT2D eigenvalue weighted by Gasteiger charge is 2.43. The van der Waals surface area contributed by atoms with E-state index in [-0.39, 0.29) is 11.1 Å². The van der Waals surface area contributed by atoms with E-state index in [1.807, 2.05) is 36.5 Å². The lowest BCUT2D eigenvalue weighted by molar-refractivity contribution is -0.119. The molecule has 134 valence electrons. The molecule has 2 aromatic rings. The molecule has 3 rings (SSSR count). The number of carbonyl (C=O) groups excluding carboxylic acids is 2. The van der Waals surface area contributed by atoms with Gasteiger partial charge in [-0.3, -0.25) is 19.9 Å². The predicted molar refractivity (Wildman–Crippen MR) is 105 cm³/mol. The van der Waals surface area contributed by atoms with Crippen LogP contribution in [-0.2, 0) is 24.1 Å². The van der Waals surface area contributed by atoms with E-state index in [1.165, 1.54) is 5.56 Å². The first-order chi connectivity index (χ1) is 12.5. The van der Waals surface area contributed by atoms with Crippen LogP contribution in [0.2, 0.25) is 0 Å². The van der Waals surface area contributed by atoms with E-state index < -0.39 is 4.65 Å². The van der Waals surface area contributed by atoms with E-state index >= 15 is 0 Å². The molecule has 1 saturated heterocycles. The molecule has 7 heteroatoms. The van der Waals surface area contributed by atoms with E-state index in [4.69, 9.17) is 4.74 Å². The average molecular weight is 368 g/mol. The standard InChI is InChI=1S/C19H21BN2O3S/c1-2-13-3-6-15(21-12-13)9-10-25-16-7-4-14(5-8-16)11-19(20)17(23)22-18(24)26-19/h3-8,12H,2,9-11,20H2,1H3,(H,22,23,24)/t19-/m1/s1. The minimum Gasteiger partial charge on any atom is -0.493 e. The quantitative estimate of drug-likeness (QED) is 0.759. The molecule has 26 heavy (non-hydrogen) atoms. The normalized spacial score (nSPS) is 19.4. The first-order valence-electron chi connectivity index (χ1n) is 8.68. The second kappa shape index (κ2) is 7.95. The molecule has 1 N–H and O–H groups in total. The summed E-state index contributed by atoms with van der Waals surface area (Å²) in [5.74, 6) is 0.554. The van der Waals surface area contributed by atoms with Gasteiger partial charge in [-0.15, -0.1) is 0 Å². The maximum Gasteiger partial charge on any atom is 0.285 e. The van der Waals surface area contributed by atoms with Crippen molar-refractivity contribution in [1.29, 1.82) is 0 Å². The number of benzene rings is 1. The number of hydrogen-bond donors (Lipinski definition) is 1. The van der Waals surface area contributed by atoms with Crippen LogP contribution in [0.1, 0.15) is 23.7 Å². The van der Waals surface area contributed by atoms with Crippen LogP contribution in [0.15, 0.2) is 42.6 Å². The van der Waals surface area contributed by atoms with E-state index in [0.717, 1.165) is 41.6 Å². The summed E-state index contributed by atoms with van der Waals surface area (Å²) in [7, 11) is 1.79. The van der Waals surface area contributed by atoms with E-state index in [2.05, 4.69) is 23.3 Å². The molecule has 0 bridgehead atoms. The topological polar surface area (TPSA) is 68.3 Å². The van der Waals surface area contributed by atoms with Crippen LogP contribution in [0.5, 0.6) is 5.75 Å². The number of nitrogens with one attached hydrogen (secondary N) is 1. The summed E-state index contributed by atoms with van der Waals surface area (Å²) in [6.07, 6.45) is 4.15. The monoisotopic (exact) mass is 368 g/mol. The highest BCUT2D eigenvalue weighted by molar-refractivity contribution is 8.17. The zero-order valence-electron chi connectivity index (χ0n) is 15.0. The van der Waals surface area contributed by atoms with Gasteiger partial charge in [0.25, 0.3) is 5.24 Å². The number of carbonyl (C=O) groups is 2. The molecule has 1 aromatic heterocycles. The molecular weight excluding hydrogens is 347 g/mol. The fraction of sp³-hybridized carbons (Fsp3) is 0.316. The van der Waals surface area contributed by atoms with Gasteiger partial charge < -0.3 is 4.74 Å². The molecule has 0 radical (unpaired) electrons. The Balaban J connectivity index is 1.51. The van der Waals surface area contributed by atoms with E-state index in [9.17, 15) is 9.59 Å². The highest BCUT2D eigenvalue weighted by atomic mass is 32.2. The van der Waals surface area contributed by atoms with Crippen LogP contribution in [-0.4, -0.2) is 35.2 Å². The third kappa shape index (κ3) is 4.46. The molecule has 1 aromatic carbocycles. The number of aryl methyl sites for hydroxylation is 1. The SMILES string of the molecule is B[C@]1(Cc2ccc(OCCc3ccc(CC)cn3)cc2)SC(=O)NC1=O. The second-order valence-electron chi connectivity index (χ2n) is 6.51. The maximum absolute atomic E-state index is 11.9. The zero-order chi connectivity index (χ0) is 18.6. The summed E-state index contributed by atoms with van der Waals surface area (Å²) in [5, 5.41) is 2.06. The number of ether oxygens (including phenoxy) is 1. The summed E-state index contributed by atoms with van der Waals surface area (Å²) in [6, 6.07) is 11.8. The van der Waals surface area contributed by atoms with Crippen molar-refractivity contribution in [2.75, 3.05) is 6.61 Å². The predicted octanol–water partition coefficient (Wildman–Crippen LogP) is 2.12. The smallest absolute Gasteiger partial charge is 0.285 e. The van der Waals surface area contributed by atoms with Gasteiger partial charge in [-0.1, -0.05) is 36.9 Å². The van der Waals surface area contributed by atoms with Crippen molar-refractivity contribution in [2.45, 2.75) is 30.8 Å². The second-order valence-corrected chi connectivity index (χ2v) is 7.98. The summed E-state index contributed by atoms with van der Waals surface area (Å²) in [6.45, 7) is 2.67. The van der Waals surface area contributed by atoms with Crippen LogP contribution in [0.4, 0.5) is 4.79 Å². The van der Waals surface area contributed by atoms with Gasteiger partial charge in [-0.05, 0) is 42.2 Å². The third-order valence-corrected chi connectivity index (χ3v) is 5.47. The van der Waals surface area contributed by atoms with Gasteiger partial charge in [0.2, 0.25) is 5.91 Å². The van der Waals surface area contributed by atoms with Crippen molar-refractivity contribution in [2.24, 2.45) is 0 Å². The summed E-state index contributed by atoms with van der Waals surface area (Å²) in [5.41, 5.74) is 3.24. The lowest BCUT2D eigenvalue weighted by Crippen LogP contribution is -2.38. The Bertz CT molecular complexity index is 795. The van der Waals surface area contributed by atoms with Crippen molar-refractivity contribution >= 4 is 30.8 Å². The number of aromatic nitrogens is 1. The summed E-state index contributed by atoms with van der Waals surface area (Å²) < 4.78 is 5.04. The number of thioether (sulfide) groups is 1. The number of rotatable bonds is 7. The van der Waals surface area contributed by atoms with Crippen LogP contribution in [0.25, 0.3) is 0 Å². The van der Waals surface area contributed by atoms with Gasteiger partial charge in [0, 0.05) is 18.3 Å². The van der Waals surface area contributed by atoms with Crippen molar-refractivity contribution in [3.8, 4) is 5.75 Å². The molecule has 1 aliphatic heterocycles. The van der Waals surface area contributed by atoms with Gasteiger partial charge in [-0.25, -0.2) is 0 Å². The minimum absolute atomic E-state index is 0.227. The molecule has 1 aliphatic rings. The van der Waals surface area contributed by atoms with E-state index in [1.54, 1.807) is 7.85 Å². The number of pyridine rings is 1. The van der Waals surface area contributed by atoms with Gasteiger partial charge in [0.15, 0.2) is 0 Å². The first kappa shape index (κ1) is 18.5. The van der Waals surface area contributed by atoms with Crippen molar-refractivity contribution in [3.05, 3.63) is 59.4 Å². The Morgan fingerprint density at radius 3 is 2.46 bits per heavy atom. The maximum atomic E-state index is 11.9. The van der Waals surface area contributed by atoms with Gasteiger partial charge >= 0.3 is 0 Å². The lowest BCUT2D eigenvalue weighted by Gasteiger charge is -2.18. The van der Waals surface area contributed by atoms with Crippen LogP contribution < -0.4 is 10.1 Å². The number of hydrogen-bond acceptors (Lipinski definition) is 5. The highest BCUT2D eigenvalue weighted by Crippen LogP contribution is 2.32. The molecule has 0 saturated carbocycles. The van der Waals surface area contributed by atoms with Crippen molar-refractivity contribution in [3.63, 3.8) is 0 Å². The molecule has 0 unspecified atom stereocenters. The molecule has 2 heterocycles. The molecule has 1 fully saturated rings. The largest absolute Gasteiger partial charge is 0.493 e. The Morgan fingerprint density at radius 2 is 1.88 bits per heavy atom. The van der Waals surface area contributed by atoms with Gasteiger partial charge in [0.1, 0.15) is 13.6 Å². The van der Waals surface area contributed by atoms with Gasteiger partial charge in [0.05, 0.1) is 11.3 Å². The molecule has 0 aliphatic carbocycles. The number of imide groups is 1. The molecule has 5 nitrogen and oxygen atoms in total. The molecule has 1 atom stereocenters. The average Bonchev–Trinajstić information content (AvgIpc) is 2.88. The van der Waals surface area contributed by atoms with E-state index in [0.29, 0.717) is 13.0 Å². The fourth-order valence-electron chi connectivity index (χ4n) is 2.80. The van der Waals surface area contributed by atoms with Gasteiger partial charge in [-0.2, -0.15) is 0 Å². The van der Waals surface area contributed by atoms with Crippen LogP contribution in [0, 0.1) is 0 Å². The van der Waals surface area contributed by atoms with Crippen molar-refractivity contribution < 1.29 is 14.3 Å². The molecule has 2 amide bonds. The van der Waals surface area contributed by atoms with Crippen LogP contribution >= 0.6 is 11.8 Å². The zero-order valence-corrected chi connectivity index (χ0v) is 15.8. The summed E-state index contributed by atoms with van der Waals surface area (Å²) >= 11 is 1.05. The Hall–Kier alpha value is -2.28. The Morgan fingerprint density at radius 1 is 1.15 bits per heavy atom. The molecular formula is C19H21BN2O3S. The van der Waals surface area contributed by atoms with Crippen LogP contribution in [0.3, 0.4) is 0 Å². The Kier molecular flexibility index (Phi) is 5.66. The third-order valence-electron chi connectivity index (χ3n) is 4.40. The fourth-order valence-corrected chi connectivity index (χ4v) is 3.73. The number of amides is 2. The lowest BCUT2D eigenvalue weighted by atomic mass is 9.80.